The van der Waals surface area contributed by atoms with Gasteiger partial charge in [-0.1, -0.05) is 11.6 Å². The predicted octanol–water partition coefficient (Wildman–Crippen LogP) is 5.91. The second-order valence-corrected chi connectivity index (χ2v) is 10.3. The molecule has 0 bridgehead atoms. The zero-order chi connectivity index (χ0) is 20.6. The van der Waals surface area contributed by atoms with E-state index in [0.717, 1.165) is 29.4 Å². The first kappa shape index (κ1) is 20.2. The predicted molar refractivity (Wildman–Crippen MR) is 118 cm³/mol. The van der Waals surface area contributed by atoms with Crippen LogP contribution in [0.15, 0.2) is 36.7 Å². The average molecular weight is 432 g/mol. The molecule has 1 amide bonds. The molecule has 0 atom stereocenters. The normalized spacial score (nSPS) is 15.8. The lowest BCUT2D eigenvalue weighted by Crippen LogP contribution is -2.41. The minimum absolute atomic E-state index is 0.213. The van der Waals surface area contributed by atoms with E-state index in [1.54, 1.807) is 11.3 Å². The number of pyridine rings is 1. The van der Waals surface area contributed by atoms with Gasteiger partial charge in [0, 0.05) is 35.7 Å². The fraction of sp³-hybridized carbons (Fsp3) is 0.455. The number of carbonyl (C=O) groups excluding carboxylic acids is 1. The van der Waals surface area contributed by atoms with Gasteiger partial charge >= 0.3 is 6.09 Å². The maximum Gasteiger partial charge on any atom is 0.410 e. The highest BCUT2D eigenvalue weighted by Gasteiger charge is 2.29. The molecule has 0 N–H and O–H groups in total. The zero-order valence-corrected chi connectivity index (χ0v) is 18.6. The van der Waals surface area contributed by atoms with E-state index in [1.807, 2.05) is 44.0 Å². The van der Waals surface area contributed by atoms with Crippen LogP contribution in [0.1, 0.15) is 50.0 Å². The van der Waals surface area contributed by atoms with Crippen LogP contribution in [0.3, 0.4) is 0 Å². The highest BCUT2D eigenvalue weighted by Crippen LogP contribution is 2.35. The monoisotopic (exact) mass is 431 g/mol. The largest absolute Gasteiger partial charge is 0.444 e. The van der Waals surface area contributed by atoms with E-state index < -0.39 is 5.60 Å². The van der Waals surface area contributed by atoms with E-state index in [2.05, 4.69) is 27.9 Å². The summed E-state index contributed by atoms with van der Waals surface area (Å²) in [5.41, 5.74) is 1.86. The summed E-state index contributed by atoms with van der Waals surface area (Å²) in [6.45, 7) is 7.91. The van der Waals surface area contributed by atoms with Gasteiger partial charge in [0.2, 0.25) is 0 Å². The lowest BCUT2D eigenvalue weighted by atomic mass is 9.90. The first-order chi connectivity index (χ1) is 13.8. The number of halogens is 1. The zero-order valence-electron chi connectivity index (χ0n) is 17.0. The van der Waals surface area contributed by atoms with Crippen molar-refractivity contribution in [2.24, 2.45) is 0 Å². The quantitative estimate of drug-likeness (QED) is 0.517. The second-order valence-electron chi connectivity index (χ2n) is 8.53. The minimum Gasteiger partial charge on any atom is -0.444 e. The van der Waals surface area contributed by atoms with Gasteiger partial charge in [-0.2, -0.15) is 0 Å². The second kappa shape index (κ2) is 8.00. The van der Waals surface area contributed by atoms with E-state index in [9.17, 15) is 4.79 Å². The smallest absolute Gasteiger partial charge is 0.410 e. The minimum atomic E-state index is -0.461. The summed E-state index contributed by atoms with van der Waals surface area (Å²) in [5, 5.41) is 1.20. The molecular weight excluding hydrogens is 406 g/mol. The van der Waals surface area contributed by atoms with Crippen molar-refractivity contribution in [3.05, 3.63) is 51.4 Å². The van der Waals surface area contributed by atoms with Crippen LogP contribution in [0.4, 0.5) is 4.79 Å². The summed E-state index contributed by atoms with van der Waals surface area (Å²) in [4.78, 5) is 20.0. The van der Waals surface area contributed by atoms with Gasteiger partial charge < -0.3 is 14.2 Å². The number of hydrogen-bond acceptors (Lipinski definition) is 4. The SMILES string of the molecule is CC(C)(C)OC(=O)N1CCC(c2cn(Cc3ccc(Cl)s3)c3ncccc23)CC1. The van der Waals surface area contributed by atoms with Crippen molar-refractivity contribution >= 4 is 40.1 Å². The molecule has 0 aromatic carbocycles. The number of hydrogen-bond donors (Lipinski definition) is 0. The summed E-state index contributed by atoms with van der Waals surface area (Å²) >= 11 is 7.70. The van der Waals surface area contributed by atoms with Crippen LogP contribution in [0.25, 0.3) is 11.0 Å². The van der Waals surface area contributed by atoms with Gasteiger partial charge in [0.15, 0.2) is 0 Å². The first-order valence-corrected chi connectivity index (χ1v) is 11.2. The van der Waals surface area contributed by atoms with E-state index >= 15 is 0 Å². The Morgan fingerprint density at radius 2 is 2.03 bits per heavy atom. The van der Waals surface area contributed by atoms with E-state index in [-0.39, 0.29) is 6.09 Å². The van der Waals surface area contributed by atoms with Crippen molar-refractivity contribution < 1.29 is 9.53 Å². The number of amides is 1. The molecule has 1 saturated heterocycles. The lowest BCUT2D eigenvalue weighted by molar-refractivity contribution is 0.0205. The van der Waals surface area contributed by atoms with Crippen LogP contribution in [-0.2, 0) is 11.3 Å². The summed E-state index contributed by atoms with van der Waals surface area (Å²) in [5.74, 6) is 0.411. The molecule has 5 nitrogen and oxygen atoms in total. The van der Waals surface area contributed by atoms with E-state index in [0.29, 0.717) is 19.0 Å². The Morgan fingerprint density at radius 3 is 2.69 bits per heavy atom. The van der Waals surface area contributed by atoms with Gasteiger partial charge in [-0.05, 0) is 69.4 Å². The Morgan fingerprint density at radius 1 is 1.28 bits per heavy atom. The van der Waals surface area contributed by atoms with Gasteiger partial charge in [-0.15, -0.1) is 11.3 Å². The summed E-state index contributed by atoms with van der Waals surface area (Å²) in [7, 11) is 0. The van der Waals surface area contributed by atoms with Gasteiger partial charge in [0.1, 0.15) is 11.2 Å². The Balaban J connectivity index is 1.52. The maximum atomic E-state index is 12.4. The van der Waals surface area contributed by atoms with E-state index in [1.165, 1.54) is 15.8 Å². The number of likely N-dealkylation sites (tertiary alicyclic amines) is 1. The molecule has 0 saturated carbocycles. The van der Waals surface area contributed by atoms with Gasteiger partial charge in [-0.3, -0.25) is 0 Å². The van der Waals surface area contributed by atoms with Gasteiger partial charge in [0.05, 0.1) is 10.9 Å². The fourth-order valence-corrected chi connectivity index (χ4v) is 4.99. The Bertz CT molecular complexity index is 1010. The van der Waals surface area contributed by atoms with Crippen LogP contribution in [-0.4, -0.2) is 39.2 Å². The molecule has 4 rings (SSSR count). The number of piperidine rings is 1. The Kier molecular flexibility index (Phi) is 5.58. The molecule has 1 aliphatic rings. The van der Waals surface area contributed by atoms with Crippen molar-refractivity contribution in [3.63, 3.8) is 0 Å². The van der Waals surface area contributed by atoms with Crippen molar-refractivity contribution in [1.82, 2.24) is 14.5 Å². The van der Waals surface area contributed by atoms with Crippen LogP contribution in [0.2, 0.25) is 4.34 Å². The molecule has 3 aromatic rings. The summed E-state index contributed by atoms with van der Waals surface area (Å²) < 4.78 is 8.54. The van der Waals surface area contributed by atoms with Gasteiger partial charge in [0.25, 0.3) is 0 Å². The first-order valence-electron chi connectivity index (χ1n) is 9.96. The number of nitrogens with zero attached hydrogens (tertiary/aromatic N) is 3. The molecule has 3 aromatic heterocycles. The number of carbonyl (C=O) groups is 1. The third kappa shape index (κ3) is 4.59. The molecule has 4 heterocycles. The van der Waals surface area contributed by atoms with Crippen LogP contribution < -0.4 is 0 Å². The Labute approximate surface area is 180 Å². The van der Waals surface area contributed by atoms with Crippen LogP contribution in [0, 0.1) is 0 Å². The topological polar surface area (TPSA) is 47.4 Å². The van der Waals surface area contributed by atoms with Crippen molar-refractivity contribution in [2.45, 2.75) is 51.7 Å². The van der Waals surface area contributed by atoms with Crippen LogP contribution >= 0.6 is 22.9 Å². The number of rotatable bonds is 3. The van der Waals surface area contributed by atoms with Crippen molar-refractivity contribution in [3.8, 4) is 0 Å². The lowest BCUT2D eigenvalue weighted by Gasteiger charge is -2.33. The molecule has 0 aliphatic carbocycles. The summed E-state index contributed by atoms with van der Waals surface area (Å²) in [6, 6.07) is 8.15. The van der Waals surface area contributed by atoms with Crippen molar-refractivity contribution in [2.75, 3.05) is 13.1 Å². The standard InChI is InChI=1S/C22H26ClN3O2S/c1-22(2,3)28-21(27)25-11-8-15(9-12-25)18-14-26(13-16-6-7-19(23)29-16)20-17(18)5-4-10-24-20/h4-7,10,14-15H,8-9,11-13H2,1-3H3. The molecular formula is C22H26ClN3O2S. The average Bonchev–Trinajstić information content (AvgIpc) is 3.25. The molecule has 7 heteroatoms. The highest BCUT2D eigenvalue weighted by molar-refractivity contribution is 7.16. The third-order valence-corrected chi connectivity index (χ3v) is 6.42. The molecule has 1 aliphatic heterocycles. The van der Waals surface area contributed by atoms with E-state index in [4.69, 9.17) is 16.3 Å². The number of thiophene rings is 1. The maximum absolute atomic E-state index is 12.4. The number of aromatic nitrogens is 2. The Hall–Kier alpha value is -2.05. The van der Waals surface area contributed by atoms with Crippen molar-refractivity contribution in [1.29, 1.82) is 0 Å². The highest BCUT2D eigenvalue weighted by atomic mass is 35.5. The van der Waals surface area contributed by atoms with Gasteiger partial charge in [-0.25, -0.2) is 9.78 Å². The number of ether oxygens (including phenoxy) is 1. The molecule has 29 heavy (non-hydrogen) atoms. The summed E-state index contributed by atoms with van der Waals surface area (Å²) in [6.07, 6.45) is 5.72. The molecule has 1 fully saturated rings. The molecule has 0 radical (unpaired) electrons. The molecule has 154 valence electrons. The molecule has 0 spiro atoms. The third-order valence-electron chi connectivity index (χ3n) is 5.21. The van der Waals surface area contributed by atoms with Crippen LogP contribution in [0.5, 0.6) is 0 Å². The number of fused-ring (bicyclic) bond motifs is 1. The molecule has 0 unspecified atom stereocenters. The fourth-order valence-electron chi connectivity index (χ4n) is 3.90.